The predicted octanol–water partition coefficient (Wildman–Crippen LogP) is 2.34. The van der Waals surface area contributed by atoms with Crippen molar-refractivity contribution in [2.24, 2.45) is 0 Å². The molecule has 142 valence electrons. The van der Waals surface area contributed by atoms with Crippen LogP contribution in [-0.4, -0.2) is 43.0 Å². The average Bonchev–Trinajstić information content (AvgIpc) is 2.72. The molecule has 0 bridgehead atoms. The summed E-state index contributed by atoms with van der Waals surface area (Å²) in [4.78, 5) is 30.5. The van der Waals surface area contributed by atoms with Crippen molar-refractivity contribution in [1.82, 2.24) is 10.3 Å². The summed E-state index contributed by atoms with van der Waals surface area (Å²) in [6, 6.07) is 9.20. The molecule has 0 radical (unpaired) electrons. The number of hydrogen-bond donors (Lipinski definition) is 1. The molecule has 0 spiro atoms. The highest BCUT2D eigenvalue weighted by Gasteiger charge is 2.12. The molecule has 27 heavy (non-hydrogen) atoms. The van der Waals surface area contributed by atoms with Gasteiger partial charge >= 0.3 is 0 Å². The largest absolute Gasteiger partial charge is 0.378 e. The van der Waals surface area contributed by atoms with E-state index in [0.29, 0.717) is 25.3 Å². The Kier molecular flexibility index (Phi) is 6.49. The van der Waals surface area contributed by atoms with Gasteiger partial charge in [-0.05, 0) is 35.9 Å². The second kappa shape index (κ2) is 9.23. The summed E-state index contributed by atoms with van der Waals surface area (Å²) in [6.45, 7) is 3.42. The van der Waals surface area contributed by atoms with E-state index < -0.39 is 5.82 Å². The first-order valence-corrected chi connectivity index (χ1v) is 8.95. The number of morpholine rings is 1. The van der Waals surface area contributed by atoms with Gasteiger partial charge in [-0.15, -0.1) is 0 Å². The van der Waals surface area contributed by atoms with Gasteiger partial charge in [-0.3, -0.25) is 9.59 Å². The molecule has 1 aromatic heterocycles. The molecule has 1 amide bonds. The number of aromatic nitrogens is 1. The lowest BCUT2D eigenvalue weighted by Gasteiger charge is -2.27. The van der Waals surface area contributed by atoms with Crippen molar-refractivity contribution in [2.75, 3.05) is 31.2 Å². The molecule has 2 heterocycles. The number of Topliss-reactive ketones (excluding diaryl/α,β-unsaturated/α-hetero) is 1. The molecule has 0 atom stereocenters. The summed E-state index contributed by atoms with van der Waals surface area (Å²) in [5, 5.41) is 2.79. The first-order valence-electron chi connectivity index (χ1n) is 8.95. The highest BCUT2D eigenvalue weighted by Crippen LogP contribution is 2.13. The number of carbonyl (C=O) groups is 2. The molecular formula is C20H22FN3O3. The second-order valence-corrected chi connectivity index (χ2v) is 6.33. The Hall–Kier alpha value is -2.80. The van der Waals surface area contributed by atoms with E-state index in [2.05, 4.69) is 15.2 Å². The van der Waals surface area contributed by atoms with E-state index in [1.807, 2.05) is 12.1 Å². The van der Waals surface area contributed by atoms with Crippen LogP contribution in [-0.2, 0) is 16.1 Å². The Morgan fingerprint density at radius 3 is 2.48 bits per heavy atom. The number of nitrogens with zero attached hydrogens (tertiary/aromatic N) is 2. The lowest BCUT2D eigenvalue weighted by molar-refractivity contribution is -0.121. The summed E-state index contributed by atoms with van der Waals surface area (Å²) in [5.41, 5.74) is 1.30. The van der Waals surface area contributed by atoms with Crippen LogP contribution in [0.2, 0.25) is 0 Å². The number of anilines is 1. The number of hydrogen-bond acceptors (Lipinski definition) is 5. The van der Waals surface area contributed by atoms with Crippen molar-refractivity contribution >= 4 is 17.5 Å². The molecule has 1 aliphatic rings. The summed E-state index contributed by atoms with van der Waals surface area (Å²) in [5.74, 6) is 0.125. The quantitative estimate of drug-likeness (QED) is 0.757. The maximum atomic E-state index is 12.9. The van der Waals surface area contributed by atoms with Gasteiger partial charge in [0.25, 0.3) is 0 Å². The minimum absolute atomic E-state index is 0.0890. The Morgan fingerprint density at radius 1 is 1.07 bits per heavy atom. The third-order valence-corrected chi connectivity index (χ3v) is 4.38. The first-order chi connectivity index (χ1) is 13.1. The van der Waals surface area contributed by atoms with Gasteiger partial charge in [0.05, 0.1) is 13.2 Å². The molecule has 0 unspecified atom stereocenters. The monoisotopic (exact) mass is 371 g/mol. The van der Waals surface area contributed by atoms with Crippen LogP contribution >= 0.6 is 0 Å². The van der Waals surface area contributed by atoms with E-state index in [1.165, 1.54) is 24.3 Å². The van der Waals surface area contributed by atoms with E-state index in [-0.39, 0.29) is 24.5 Å². The van der Waals surface area contributed by atoms with Gasteiger partial charge in [0.1, 0.15) is 11.6 Å². The average molecular weight is 371 g/mol. The molecule has 2 aromatic rings. The van der Waals surface area contributed by atoms with Crippen LogP contribution < -0.4 is 10.2 Å². The summed E-state index contributed by atoms with van der Waals surface area (Å²) < 4.78 is 18.2. The van der Waals surface area contributed by atoms with Crippen molar-refractivity contribution in [2.45, 2.75) is 19.4 Å². The minimum atomic E-state index is -0.391. The summed E-state index contributed by atoms with van der Waals surface area (Å²) in [7, 11) is 0. The van der Waals surface area contributed by atoms with Crippen molar-refractivity contribution < 1.29 is 18.7 Å². The topological polar surface area (TPSA) is 71.5 Å². The van der Waals surface area contributed by atoms with Crippen LogP contribution in [0.5, 0.6) is 0 Å². The van der Waals surface area contributed by atoms with Crippen LogP contribution in [0.3, 0.4) is 0 Å². The Labute approximate surface area is 157 Å². The zero-order valence-electron chi connectivity index (χ0n) is 15.0. The van der Waals surface area contributed by atoms with Crippen molar-refractivity contribution in [3.05, 3.63) is 59.5 Å². The van der Waals surface area contributed by atoms with Crippen LogP contribution in [0.4, 0.5) is 10.2 Å². The second-order valence-electron chi connectivity index (χ2n) is 6.33. The van der Waals surface area contributed by atoms with Crippen LogP contribution in [0, 0.1) is 5.82 Å². The van der Waals surface area contributed by atoms with Crippen LogP contribution in [0.25, 0.3) is 0 Å². The van der Waals surface area contributed by atoms with E-state index in [0.717, 1.165) is 24.5 Å². The lowest BCUT2D eigenvalue weighted by atomic mass is 10.1. The Bertz CT molecular complexity index is 772. The van der Waals surface area contributed by atoms with Gasteiger partial charge < -0.3 is 15.0 Å². The smallest absolute Gasteiger partial charge is 0.220 e. The molecular weight excluding hydrogens is 349 g/mol. The number of nitrogens with one attached hydrogen (secondary N) is 1. The summed E-state index contributed by atoms with van der Waals surface area (Å²) in [6.07, 6.45) is 1.93. The third-order valence-electron chi connectivity index (χ3n) is 4.38. The zero-order chi connectivity index (χ0) is 19.1. The number of benzene rings is 1. The van der Waals surface area contributed by atoms with Gasteiger partial charge in [-0.2, -0.15) is 0 Å². The van der Waals surface area contributed by atoms with Gasteiger partial charge in [0.15, 0.2) is 5.78 Å². The van der Waals surface area contributed by atoms with Gasteiger partial charge in [-0.1, -0.05) is 6.07 Å². The molecule has 6 nitrogen and oxygen atoms in total. The van der Waals surface area contributed by atoms with Crippen LogP contribution in [0.1, 0.15) is 28.8 Å². The van der Waals surface area contributed by atoms with Crippen LogP contribution in [0.15, 0.2) is 42.6 Å². The Morgan fingerprint density at radius 2 is 1.81 bits per heavy atom. The van der Waals surface area contributed by atoms with Crippen molar-refractivity contribution in [3.63, 3.8) is 0 Å². The number of halogens is 1. The molecule has 1 saturated heterocycles. The molecule has 0 aliphatic carbocycles. The normalized spacial score (nSPS) is 14.0. The third kappa shape index (κ3) is 5.59. The molecule has 0 saturated carbocycles. The van der Waals surface area contributed by atoms with Crippen molar-refractivity contribution in [3.8, 4) is 0 Å². The maximum absolute atomic E-state index is 12.9. The number of carbonyl (C=O) groups excluding carboxylic acids is 2. The fraction of sp³-hybridized carbons (Fsp3) is 0.350. The number of rotatable bonds is 7. The molecule has 3 rings (SSSR count). The zero-order valence-corrected chi connectivity index (χ0v) is 15.0. The molecule has 1 fully saturated rings. The fourth-order valence-corrected chi connectivity index (χ4v) is 2.80. The van der Waals surface area contributed by atoms with Gasteiger partial charge in [0, 0.05) is 44.2 Å². The van der Waals surface area contributed by atoms with E-state index in [9.17, 15) is 14.0 Å². The molecule has 1 N–H and O–H groups in total. The maximum Gasteiger partial charge on any atom is 0.220 e. The summed E-state index contributed by atoms with van der Waals surface area (Å²) >= 11 is 0. The lowest BCUT2D eigenvalue weighted by Crippen LogP contribution is -2.36. The first kappa shape index (κ1) is 19.0. The molecule has 7 heteroatoms. The molecule has 1 aromatic carbocycles. The predicted molar refractivity (Wildman–Crippen MR) is 99.1 cm³/mol. The Balaban J connectivity index is 1.42. The van der Waals surface area contributed by atoms with E-state index in [4.69, 9.17) is 4.74 Å². The molecule has 1 aliphatic heterocycles. The standard InChI is InChI=1S/C20H22FN3O3/c21-17-4-2-16(3-5-17)18(25)6-8-20(26)23-14-15-1-7-19(22-13-15)24-9-11-27-12-10-24/h1-5,7,13H,6,8-12,14H2,(H,23,26). The highest BCUT2D eigenvalue weighted by atomic mass is 19.1. The van der Waals surface area contributed by atoms with Gasteiger partial charge in [-0.25, -0.2) is 9.37 Å². The fourth-order valence-electron chi connectivity index (χ4n) is 2.80. The van der Waals surface area contributed by atoms with E-state index in [1.54, 1.807) is 6.20 Å². The number of amides is 1. The van der Waals surface area contributed by atoms with Gasteiger partial charge in [0.2, 0.25) is 5.91 Å². The minimum Gasteiger partial charge on any atom is -0.378 e. The number of pyridine rings is 1. The number of ether oxygens (including phenoxy) is 1. The SMILES string of the molecule is O=C(CCC(=O)c1ccc(F)cc1)NCc1ccc(N2CCOCC2)nc1. The highest BCUT2D eigenvalue weighted by molar-refractivity contribution is 5.97. The number of ketones is 1. The van der Waals surface area contributed by atoms with E-state index >= 15 is 0 Å². The van der Waals surface area contributed by atoms with Crippen molar-refractivity contribution in [1.29, 1.82) is 0 Å².